The van der Waals surface area contributed by atoms with Crippen LogP contribution in [-0.2, 0) is 12.8 Å². The van der Waals surface area contributed by atoms with Crippen LogP contribution in [0.15, 0.2) is 36.3 Å². The van der Waals surface area contributed by atoms with Gasteiger partial charge in [-0.25, -0.2) is 0 Å². The molecular weight excluding hydrogens is 304 g/mol. The average Bonchev–Trinajstić information content (AvgIpc) is 2.71. The summed E-state index contributed by atoms with van der Waals surface area (Å²) in [7, 11) is 2.57. The molecule has 24 heavy (non-hydrogen) atoms. The molecule has 0 aliphatic heterocycles. The van der Waals surface area contributed by atoms with Gasteiger partial charge in [0, 0.05) is 0 Å². The van der Waals surface area contributed by atoms with Crippen molar-refractivity contribution in [2.75, 3.05) is 14.2 Å². The second kappa shape index (κ2) is 7.95. The zero-order valence-electron chi connectivity index (χ0n) is 20.3. The molecule has 2 N–H and O–H groups in total. The third kappa shape index (κ3) is 4.34. The topological polar surface area (TPSA) is 58.9 Å². The maximum atomic E-state index is 9.94. The highest BCUT2D eigenvalue weighted by Gasteiger charge is 2.15. The van der Waals surface area contributed by atoms with Crippen molar-refractivity contribution in [2.45, 2.75) is 26.7 Å². The third-order valence-electron chi connectivity index (χ3n) is 4.05. The first-order valence-electron chi connectivity index (χ1n) is 10.7. The Morgan fingerprint density at radius 3 is 1.54 bits per heavy atom. The molecule has 0 spiro atoms. The lowest BCUT2D eigenvalue weighted by Gasteiger charge is -2.21. The van der Waals surface area contributed by atoms with Crippen LogP contribution in [0, 0.1) is 11.8 Å². The SMILES string of the molecule is [2H]c1c([2H])c(C[C@@H](C)[C@H](C)Cc2c([2H])c([2H])c(O)c(OC)c2[2H])c([2H])c(OC)c1O. The van der Waals surface area contributed by atoms with Gasteiger partial charge in [-0.15, -0.1) is 0 Å². The number of phenolic OH excluding ortho intramolecular Hbond substituents is 2. The molecule has 0 aromatic heterocycles. The number of hydrogen-bond donors (Lipinski definition) is 2. The van der Waals surface area contributed by atoms with Crippen LogP contribution in [0.2, 0.25) is 0 Å². The molecule has 2 rings (SSSR count). The van der Waals surface area contributed by atoms with Gasteiger partial charge in [0.15, 0.2) is 23.0 Å². The van der Waals surface area contributed by atoms with Crippen molar-refractivity contribution in [2.24, 2.45) is 11.8 Å². The van der Waals surface area contributed by atoms with Crippen molar-refractivity contribution < 1.29 is 27.9 Å². The quantitative estimate of drug-likeness (QED) is 0.796. The van der Waals surface area contributed by atoms with Crippen LogP contribution >= 0.6 is 0 Å². The van der Waals surface area contributed by atoms with Crippen LogP contribution in [0.1, 0.15) is 33.2 Å². The molecule has 0 saturated carbocycles. The van der Waals surface area contributed by atoms with Crippen molar-refractivity contribution >= 4 is 0 Å². The summed E-state index contributed by atoms with van der Waals surface area (Å²) in [4.78, 5) is 0. The van der Waals surface area contributed by atoms with Gasteiger partial charge < -0.3 is 19.7 Å². The number of rotatable bonds is 7. The summed E-state index contributed by atoms with van der Waals surface area (Å²) in [5, 5.41) is 19.9. The smallest absolute Gasteiger partial charge is 0.160 e. The zero-order chi connectivity index (χ0) is 22.9. The van der Waals surface area contributed by atoms with Gasteiger partial charge in [-0.3, -0.25) is 0 Å². The lowest BCUT2D eigenvalue weighted by atomic mass is 9.85. The van der Waals surface area contributed by atoms with Gasteiger partial charge in [-0.05, 0) is 60.0 Å². The Bertz CT molecular complexity index is 886. The van der Waals surface area contributed by atoms with Crippen LogP contribution in [0.4, 0.5) is 0 Å². The molecule has 130 valence electrons. The highest BCUT2D eigenvalue weighted by atomic mass is 16.5. The van der Waals surface area contributed by atoms with E-state index in [-0.39, 0.29) is 71.5 Å². The Balaban J connectivity index is 2.37. The van der Waals surface area contributed by atoms with Gasteiger partial charge >= 0.3 is 0 Å². The summed E-state index contributed by atoms with van der Waals surface area (Å²) in [6.07, 6.45) is 0.510. The molecule has 2 atom stereocenters. The van der Waals surface area contributed by atoms with E-state index in [1.807, 2.05) is 13.8 Å². The molecule has 0 fully saturated rings. The van der Waals surface area contributed by atoms with E-state index >= 15 is 0 Å². The maximum Gasteiger partial charge on any atom is 0.160 e. The van der Waals surface area contributed by atoms with Crippen molar-refractivity contribution in [3.05, 3.63) is 47.4 Å². The Morgan fingerprint density at radius 2 is 1.21 bits per heavy atom. The largest absolute Gasteiger partial charge is 0.504 e. The van der Waals surface area contributed by atoms with E-state index in [0.29, 0.717) is 0 Å². The summed E-state index contributed by atoms with van der Waals surface area (Å²) in [5.41, 5.74) is 0.548. The lowest BCUT2D eigenvalue weighted by molar-refractivity contribution is 0.364. The van der Waals surface area contributed by atoms with Gasteiger partial charge in [0.1, 0.15) is 0 Å². The van der Waals surface area contributed by atoms with Gasteiger partial charge in [0.25, 0.3) is 0 Å². The fraction of sp³-hybridized carbons (Fsp3) is 0.400. The van der Waals surface area contributed by atoms with E-state index < -0.39 is 23.6 Å². The number of benzene rings is 2. The maximum absolute atomic E-state index is 9.94. The predicted octanol–water partition coefficient (Wildman–Crippen LogP) is 4.17. The average molecular weight is 336 g/mol. The van der Waals surface area contributed by atoms with Crippen LogP contribution in [0.25, 0.3) is 0 Å². The van der Waals surface area contributed by atoms with Crippen molar-refractivity contribution in [1.82, 2.24) is 0 Å². The summed E-state index contributed by atoms with van der Waals surface area (Å²) < 4.78 is 58.6. The normalized spacial score (nSPS) is 16.8. The molecule has 0 aliphatic carbocycles. The monoisotopic (exact) mass is 336 g/mol. The molecule has 0 heterocycles. The highest BCUT2D eigenvalue weighted by Crippen LogP contribution is 2.31. The molecule has 2 aromatic rings. The van der Waals surface area contributed by atoms with Crippen molar-refractivity contribution in [3.63, 3.8) is 0 Å². The summed E-state index contributed by atoms with van der Waals surface area (Å²) in [5.74, 6) is -1.60. The molecule has 0 bridgehead atoms. The number of hydrogen-bond acceptors (Lipinski definition) is 4. The molecule has 0 amide bonds. The summed E-state index contributed by atoms with van der Waals surface area (Å²) in [6.45, 7) is 3.78. The molecule has 4 heteroatoms. The fourth-order valence-electron chi connectivity index (χ4n) is 2.38. The minimum atomic E-state index is -0.534. The third-order valence-corrected chi connectivity index (χ3v) is 4.05. The van der Waals surface area contributed by atoms with Gasteiger partial charge in [-0.2, -0.15) is 0 Å². The summed E-state index contributed by atoms with van der Waals surface area (Å²) in [6, 6.07) is -1.56. The molecule has 4 nitrogen and oxygen atoms in total. The van der Waals surface area contributed by atoms with E-state index in [1.165, 1.54) is 14.2 Å². The molecule has 0 radical (unpaired) electrons. The molecule has 0 aliphatic rings. The zero-order valence-corrected chi connectivity index (χ0v) is 14.3. The lowest BCUT2D eigenvalue weighted by Crippen LogP contribution is -2.13. The minimum absolute atomic E-state index is 0.125. The first-order chi connectivity index (χ1) is 14.0. The number of methoxy groups -OCH3 is 2. The van der Waals surface area contributed by atoms with Crippen molar-refractivity contribution in [1.29, 1.82) is 0 Å². The second-order valence-corrected chi connectivity index (χ2v) is 5.83. The van der Waals surface area contributed by atoms with Gasteiger partial charge in [0.05, 0.1) is 22.4 Å². The Hall–Kier alpha value is -2.36. The van der Waals surface area contributed by atoms with Crippen LogP contribution < -0.4 is 9.47 Å². The van der Waals surface area contributed by atoms with E-state index in [4.69, 9.17) is 17.7 Å². The van der Waals surface area contributed by atoms with Crippen molar-refractivity contribution in [3.8, 4) is 23.0 Å². The molecule has 0 saturated heterocycles. The standard InChI is InChI=1S/C20H26O4/c1-13(9-15-5-7-17(21)19(11-15)23-3)14(2)10-16-6-8-18(22)20(12-16)24-4/h5-8,11-14,21-22H,9-10H2,1-4H3/t13-,14-/m1/s1/i5D,6D,7D,8D,11D,12D. The Morgan fingerprint density at radius 1 is 0.833 bits per heavy atom. The molecule has 0 unspecified atom stereocenters. The van der Waals surface area contributed by atoms with Gasteiger partial charge in [-0.1, -0.05) is 25.9 Å². The Kier molecular flexibility index (Phi) is 3.72. The minimum Gasteiger partial charge on any atom is -0.504 e. The van der Waals surface area contributed by atoms with Crippen LogP contribution in [0.5, 0.6) is 23.0 Å². The molecule has 2 aromatic carbocycles. The number of phenols is 2. The van der Waals surface area contributed by atoms with E-state index in [1.54, 1.807) is 0 Å². The first kappa shape index (κ1) is 11.2. The number of aromatic hydroxyl groups is 2. The first-order valence-corrected chi connectivity index (χ1v) is 7.68. The highest BCUT2D eigenvalue weighted by molar-refractivity contribution is 5.42. The van der Waals surface area contributed by atoms with Crippen LogP contribution in [0.3, 0.4) is 0 Å². The number of ether oxygens (including phenoxy) is 2. The van der Waals surface area contributed by atoms with E-state index in [9.17, 15) is 10.2 Å². The van der Waals surface area contributed by atoms with E-state index in [0.717, 1.165) is 0 Å². The summed E-state index contributed by atoms with van der Waals surface area (Å²) >= 11 is 0. The predicted molar refractivity (Wildman–Crippen MR) is 95.1 cm³/mol. The van der Waals surface area contributed by atoms with Crippen LogP contribution in [-0.4, -0.2) is 24.4 Å². The fourth-order valence-corrected chi connectivity index (χ4v) is 2.38. The molecular formula is C20H26O4. The Labute approximate surface area is 152 Å². The van der Waals surface area contributed by atoms with Gasteiger partial charge in [0.2, 0.25) is 0 Å². The second-order valence-electron chi connectivity index (χ2n) is 5.83. The van der Waals surface area contributed by atoms with E-state index in [2.05, 4.69) is 0 Å².